The van der Waals surface area contributed by atoms with Gasteiger partial charge < -0.3 is 0 Å². The van der Waals surface area contributed by atoms with Gasteiger partial charge in [-0.3, -0.25) is 9.69 Å². The van der Waals surface area contributed by atoms with Crippen LogP contribution in [0.4, 0.5) is 5.13 Å². The van der Waals surface area contributed by atoms with Crippen molar-refractivity contribution in [1.29, 1.82) is 0 Å². The minimum atomic E-state index is -3.39. The molecule has 2 aromatic rings. The highest BCUT2D eigenvalue weighted by molar-refractivity contribution is 7.88. The molecule has 1 unspecified atom stereocenters. The summed E-state index contributed by atoms with van der Waals surface area (Å²) in [5, 5.41) is 0.593. The van der Waals surface area contributed by atoms with E-state index in [1.165, 1.54) is 20.5 Å². The van der Waals surface area contributed by atoms with Crippen LogP contribution in [0.2, 0.25) is 0 Å². The fourth-order valence-corrected chi connectivity index (χ4v) is 4.92. The lowest BCUT2D eigenvalue weighted by atomic mass is 10.0. The first-order chi connectivity index (χ1) is 10.9. The summed E-state index contributed by atoms with van der Waals surface area (Å²) in [6.45, 7) is 0.406. The van der Waals surface area contributed by atoms with Gasteiger partial charge in [-0.25, -0.2) is 13.4 Å². The van der Waals surface area contributed by atoms with Crippen LogP contribution in [0.3, 0.4) is 0 Å². The molecule has 3 rings (SSSR count). The molecule has 1 aromatic heterocycles. The van der Waals surface area contributed by atoms with E-state index in [0.717, 1.165) is 29.3 Å². The third kappa shape index (κ3) is 3.24. The van der Waals surface area contributed by atoms with Crippen LogP contribution in [0.1, 0.15) is 19.3 Å². The van der Waals surface area contributed by atoms with Crippen molar-refractivity contribution in [2.24, 2.45) is 0 Å². The van der Waals surface area contributed by atoms with Gasteiger partial charge in [-0.15, -0.1) is 0 Å². The normalized spacial score (nSPS) is 19.8. The summed E-state index contributed by atoms with van der Waals surface area (Å²) >= 11 is 1.43. The highest BCUT2D eigenvalue weighted by Gasteiger charge is 2.36. The van der Waals surface area contributed by atoms with Gasteiger partial charge in [-0.2, -0.15) is 4.31 Å². The maximum atomic E-state index is 12.8. The van der Waals surface area contributed by atoms with E-state index in [0.29, 0.717) is 18.1 Å². The molecule has 1 atom stereocenters. The first-order valence-electron chi connectivity index (χ1n) is 7.48. The quantitative estimate of drug-likeness (QED) is 0.847. The Balaban J connectivity index is 1.88. The highest BCUT2D eigenvalue weighted by atomic mass is 32.2. The predicted octanol–water partition coefficient (Wildman–Crippen LogP) is 2.07. The number of aromatic nitrogens is 1. The Labute approximate surface area is 139 Å². The Morgan fingerprint density at radius 2 is 2.09 bits per heavy atom. The Morgan fingerprint density at radius 1 is 1.35 bits per heavy atom. The van der Waals surface area contributed by atoms with Gasteiger partial charge in [0.2, 0.25) is 15.9 Å². The van der Waals surface area contributed by atoms with Gasteiger partial charge >= 0.3 is 0 Å². The molecule has 23 heavy (non-hydrogen) atoms. The summed E-state index contributed by atoms with van der Waals surface area (Å²) in [6.07, 6.45) is 3.37. The molecule has 0 N–H and O–H groups in total. The Bertz CT molecular complexity index is 798. The van der Waals surface area contributed by atoms with Crippen molar-refractivity contribution in [3.8, 4) is 0 Å². The molecule has 6 nitrogen and oxygen atoms in total. The molecule has 1 saturated heterocycles. The minimum Gasteiger partial charge on any atom is -0.290 e. The molecule has 1 amide bonds. The third-order valence-corrected chi connectivity index (χ3v) is 6.47. The number of thiazole rings is 1. The molecule has 0 radical (unpaired) electrons. The lowest BCUT2D eigenvalue weighted by Crippen LogP contribution is -2.52. The van der Waals surface area contributed by atoms with Gasteiger partial charge in [0, 0.05) is 13.6 Å². The summed E-state index contributed by atoms with van der Waals surface area (Å²) in [7, 11) is -1.73. The summed E-state index contributed by atoms with van der Waals surface area (Å²) in [4.78, 5) is 18.8. The number of nitrogens with zero attached hydrogens (tertiary/aromatic N) is 3. The first-order valence-corrected chi connectivity index (χ1v) is 10.1. The molecular formula is C15H19N3O3S2. The van der Waals surface area contributed by atoms with E-state index >= 15 is 0 Å². The number of amides is 1. The number of sulfonamides is 1. The van der Waals surface area contributed by atoms with E-state index in [-0.39, 0.29) is 5.91 Å². The summed E-state index contributed by atoms with van der Waals surface area (Å²) < 4.78 is 26.2. The number of likely N-dealkylation sites (N-methyl/N-ethyl adjacent to an activating group) is 1. The maximum absolute atomic E-state index is 12.8. The Hall–Kier alpha value is -1.51. The van der Waals surface area contributed by atoms with Crippen molar-refractivity contribution in [1.82, 2.24) is 9.29 Å². The second-order valence-corrected chi connectivity index (χ2v) is 8.69. The zero-order valence-electron chi connectivity index (χ0n) is 13.1. The topological polar surface area (TPSA) is 70.6 Å². The maximum Gasteiger partial charge on any atom is 0.246 e. The van der Waals surface area contributed by atoms with E-state index in [1.54, 1.807) is 7.05 Å². The van der Waals surface area contributed by atoms with E-state index in [4.69, 9.17) is 0 Å². The van der Waals surface area contributed by atoms with E-state index < -0.39 is 16.1 Å². The first kappa shape index (κ1) is 16.4. The van der Waals surface area contributed by atoms with Gasteiger partial charge in [0.25, 0.3) is 0 Å². The van der Waals surface area contributed by atoms with Crippen molar-refractivity contribution in [3.63, 3.8) is 0 Å². The predicted molar refractivity (Wildman–Crippen MR) is 92.2 cm³/mol. The number of anilines is 1. The SMILES string of the molecule is CN(C(=O)C1CCCCN1S(C)(=O)=O)c1nc2ccccc2s1. The largest absolute Gasteiger partial charge is 0.290 e. The van der Waals surface area contributed by atoms with Crippen LogP contribution in [0.15, 0.2) is 24.3 Å². The van der Waals surface area contributed by atoms with Crippen molar-refractivity contribution in [2.45, 2.75) is 25.3 Å². The summed E-state index contributed by atoms with van der Waals surface area (Å²) in [5.41, 5.74) is 0.843. The summed E-state index contributed by atoms with van der Waals surface area (Å²) in [5.74, 6) is -0.214. The molecule has 8 heteroatoms. The van der Waals surface area contributed by atoms with Crippen LogP contribution in [0.25, 0.3) is 10.2 Å². The van der Waals surface area contributed by atoms with Crippen LogP contribution in [0.5, 0.6) is 0 Å². The number of hydrogen-bond acceptors (Lipinski definition) is 5. The molecule has 2 heterocycles. The molecule has 0 saturated carbocycles. The fraction of sp³-hybridized carbons (Fsp3) is 0.467. The fourth-order valence-electron chi connectivity index (χ4n) is 2.87. The van der Waals surface area contributed by atoms with E-state index in [9.17, 15) is 13.2 Å². The van der Waals surface area contributed by atoms with Crippen LogP contribution >= 0.6 is 11.3 Å². The lowest BCUT2D eigenvalue weighted by molar-refractivity contribution is -0.122. The molecule has 124 valence electrons. The number of carbonyl (C=O) groups excluding carboxylic acids is 1. The second-order valence-electron chi connectivity index (χ2n) is 5.75. The van der Waals surface area contributed by atoms with Gasteiger partial charge in [0.15, 0.2) is 5.13 Å². The van der Waals surface area contributed by atoms with Gasteiger partial charge in [0.1, 0.15) is 6.04 Å². The van der Waals surface area contributed by atoms with Crippen molar-refractivity contribution < 1.29 is 13.2 Å². The average molecular weight is 353 g/mol. The molecular weight excluding hydrogens is 334 g/mol. The molecule has 0 aliphatic carbocycles. The second kappa shape index (κ2) is 6.18. The van der Waals surface area contributed by atoms with Gasteiger partial charge in [-0.05, 0) is 25.0 Å². The number of carbonyl (C=O) groups is 1. The molecule has 1 aliphatic heterocycles. The van der Waals surface area contributed by atoms with Crippen molar-refractivity contribution in [3.05, 3.63) is 24.3 Å². The molecule has 0 bridgehead atoms. The van der Waals surface area contributed by atoms with Crippen LogP contribution in [-0.4, -0.2) is 49.5 Å². The number of para-hydroxylation sites is 1. The number of piperidine rings is 1. The molecule has 1 aromatic carbocycles. The zero-order chi connectivity index (χ0) is 16.6. The Morgan fingerprint density at radius 3 is 2.78 bits per heavy atom. The number of hydrogen-bond donors (Lipinski definition) is 0. The average Bonchev–Trinajstić information content (AvgIpc) is 2.96. The van der Waals surface area contributed by atoms with Crippen molar-refractivity contribution >= 4 is 42.6 Å². The van der Waals surface area contributed by atoms with Crippen LogP contribution in [-0.2, 0) is 14.8 Å². The monoisotopic (exact) mass is 353 g/mol. The summed E-state index contributed by atoms with van der Waals surface area (Å²) in [6, 6.07) is 7.06. The smallest absolute Gasteiger partial charge is 0.246 e. The third-order valence-electron chi connectivity index (χ3n) is 4.06. The van der Waals surface area contributed by atoms with E-state index in [2.05, 4.69) is 4.98 Å². The number of fused-ring (bicyclic) bond motifs is 1. The van der Waals surface area contributed by atoms with Gasteiger partial charge in [0.05, 0.1) is 16.5 Å². The molecule has 1 aliphatic rings. The standard InChI is InChI=1S/C15H19N3O3S2/c1-17(15-16-11-7-3-4-9-13(11)22-15)14(19)12-8-5-6-10-18(12)23(2,20)21/h3-4,7,9,12H,5-6,8,10H2,1-2H3. The molecule has 1 fully saturated rings. The molecule has 0 spiro atoms. The van der Waals surface area contributed by atoms with Crippen molar-refractivity contribution in [2.75, 3.05) is 24.7 Å². The number of rotatable bonds is 3. The highest BCUT2D eigenvalue weighted by Crippen LogP contribution is 2.30. The zero-order valence-corrected chi connectivity index (χ0v) is 14.7. The Kier molecular flexibility index (Phi) is 4.39. The van der Waals surface area contributed by atoms with Gasteiger partial charge in [-0.1, -0.05) is 29.9 Å². The minimum absolute atomic E-state index is 0.214. The van der Waals surface area contributed by atoms with E-state index in [1.807, 2.05) is 24.3 Å². The number of benzene rings is 1. The van der Waals surface area contributed by atoms with Crippen LogP contribution < -0.4 is 4.90 Å². The lowest BCUT2D eigenvalue weighted by Gasteiger charge is -2.34. The van der Waals surface area contributed by atoms with Crippen LogP contribution in [0, 0.1) is 0 Å².